The minimum Gasteiger partial charge on any atom is -0.144 e. The Bertz CT molecular complexity index is 479. The highest BCUT2D eigenvalue weighted by Crippen LogP contribution is 2.43. The third-order valence-corrected chi connectivity index (χ3v) is 7.11. The van der Waals surface area contributed by atoms with Crippen LogP contribution >= 0.6 is 11.3 Å². The standard InChI is InChI=1S/C22H40S.C2H6/c1-10-12-13-14-17(11-2)15-18-16(3)19(21(4,5)6)23-20(18)22(7,8)9;1-2/h17H,10-15H2,1-9H3;1-2H3. The minimum absolute atomic E-state index is 0.260. The molecule has 0 nitrogen and oxygen atoms in total. The third-order valence-electron chi connectivity index (χ3n) is 4.92. The van der Waals surface area contributed by atoms with Gasteiger partial charge in [0.05, 0.1) is 0 Å². The third kappa shape index (κ3) is 7.45. The van der Waals surface area contributed by atoms with Crippen molar-refractivity contribution in [3.05, 3.63) is 20.9 Å². The first kappa shape index (κ1) is 24.7. The molecular formula is C24H46S. The fraction of sp³-hybridized carbons (Fsp3) is 0.833. The maximum Gasteiger partial charge on any atom is 0.0137 e. The summed E-state index contributed by atoms with van der Waals surface area (Å²) < 4.78 is 0. The fourth-order valence-corrected chi connectivity index (χ4v) is 4.99. The van der Waals surface area contributed by atoms with Gasteiger partial charge in [-0.2, -0.15) is 0 Å². The zero-order valence-corrected chi connectivity index (χ0v) is 20.0. The molecule has 1 heterocycles. The van der Waals surface area contributed by atoms with Crippen molar-refractivity contribution in [3.63, 3.8) is 0 Å². The molecule has 1 rings (SSSR count). The van der Waals surface area contributed by atoms with Crippen LogP contribution in [-0.4, -0.2) is 0 Å². The van der Waals surface area contributed by atoms with E-state index in [1.54, 1.807) is 20.9 Å². The van der Waals surface area contributed by atoms with Gasteiger partial charge in [-0.05, 0) is 41.2 Å². The van der Waals surface area contributed by atoms with Crippen LogP contribution in [0.3, 0.4) is 0 Å². The molecule has 1 aromatic rings. The van der Waals surface area contributed by atoms with E-state index in [0.717, 1.165) is 5.92 Å². The Kier molecular flexibility index (Phi) is 10.6. The molecule has 0 fully saturated rings. The highest BCUT2D eigenvalue weighted by atomic mass is 32.1. The molecule has 0 saturated carbocycles. The van der Waals surface area contributed by atoms with E-state index in [2.05, 4.69) is 73.7 Å². The molecule has 25 heavy (non-hydrogen) atoms. The van der Waals surface area contributed by atoms with Crippen molar-refractivity contribution in [3.8, 4) is 0 Å². The second kappa shape index (κ2) is 10.8. The number of hydrogen-bond donors (Lipinski definition) is 0. The van der Waals surface area contributed by atoms with Gasteiger partial charge in [-0.3, -0.25) is 0 Å². The smallest absolute Gasteiger partial charge is 0.0137 e. The SMILES string of the molecule is CC.CCCCCC(CC)Cc1c(C(C)(C)C)sc(C(C)(C)C)c1C. The summed E-state index contributed by atoms with van der Waals surface area (Å²) in [5.41, 5.74) is 3.78. The zero-order chi connectivity index (χ0) is 19.8. The van der Waals surface area contributed by atoms with E-state index in [9.17, 15) is 0 Å². The number of thiophene rings is 1. The van der Waals surface area contributed by atoms with Crippen LogP contribution in [0.1, 0.15) is 122 Å². The monoisotopic (exact) mass is 366 g/mol. The zero-order valence-electron chi connectivity index (χ0n) is 19.2. The molecule has 0 spiro atoms. The van der Waals surface area contributed by atoms with Gasteiger partial charge in [0.25, 0.3) is 0 Å². The normalized spacial score (nSPS) is 13.4. The Morgan fingerprint density at radius 1 is 0.840 bits per heavy atom. The van der Waals surface area contributed by atoms with E-state index in [-0.39, 0.29) is 10.8 Å². The average molecular weight is 367 g/mol. The molecule has 1 atom stereocenters. The quantitative estimate of drug-likeness (QED) is 0.423. The summed E-state index contributed by atoms with van der Waals surface area (Å²) in [6.45, 7) is 25.3. The van der Waals surface area contributed by atoms with E-state index in [1.807, 2.05) is 13.8 Å². The molecule has 0 aliphatic rings. The molecular weight excluding hydrogens is 320 g/mol. The molecule has 0 saturated heterocycles. The fourth-order valence-electron chi connectivity index (χ4n) is 3.54. The molecule has 1 unspecified atom stereocenters. The van der Waals surface area contributed by atoms with E-state index in [1.165, 1.54) is 38.5 Å². The van der Waals surface area contributed by atoms with Gasteiger partial charge < -0.3 is 0 Å². The maximum absolute atomic E-state index is 2.38. The van der Waals surface area contributed by atoms with Gasteiger partial charge in [-0.1, -0.05) is 101 Å². The van der Waals surface area contributed by atoms with Gasteiger partial charge >= 0.3 is 0 Å². The average Bonchev–Trinajstić information content (AvgIpc) is 2.85. The molecule has 1 aromatic heterocycles. The molecule has 0 aromatic carbocycles. The van der Waals surface area contributed by atoms with Gasteiger partial charge in [-0.15, -0.1) is 11.3 Å². The van der Waals surface area contributed by atoms with Crippen molar-refractivity contribution in [2.45, 2.75) is 126 Å². The molecule has 1 heteroatoms. The van der Waals surface area contributed by atoms with Crippen molar-refractivity contribution >= 4 is 11.3 Å². The van der Waals surface area contributed by atoms with E-state index in [4.69, 9.17) is 0 Å². The van der Waals surface area contributed by atoms with Crippen molar-refractivity contribution in [1.29, 1.82) is 0 Å². The number of hydrogen-bond acceptors (Lipinski definition) is 1. The Balaban J connectivity index is 0.00000277. The highest BCUT2D eigenvalue weighted by Gasteiger charge is 2.29. The van der Waals surface area contributed by atoms with Gasteiger partial charge in [-0.25, -0.2) is 0 Å². The highest BCUT2D eigenvalue weighted by molar-refractivity contribution is 7.12. The van der Waals surface area contributed by atoms with Crippen LogP contribution < -0.4 is 0 Å². The van der Waals surface area contributed by atoms with Crippen LogP contribution in [0.5, 0.6) is 0 Å². The number of rotatable bonds is 7. The van der Waals surface area contributed by atoms with E-state index < -0.39 is 0 Å². The van der Waals surface area contributed by atoms with Gasteiger partial charge in [0.2, 0.25) is 0 Å². The molecule has 0 amide bonds. The van der Waals surface area contributed by atoms with Crippen LogP contribution in [0, 0.1) is 12.8 Å². The summed E-state index contributed by atoms with van der Waals surface area (Å²) in [6, 6.07) is 0. The molecule has 0 N–H and O–H groups in total. The lowest BCUT2D eigenvalue weighted by Gasteiger charge is -2.22. The van der Waals surface area contributed by atoms with Crippen molar-refractivity contribution in [1.82, 2.24) is 0 Å². The summed E-state index contributed by atoms with van der Waals surface area (Å²) in [5.74, 6) is 0.851. The summed E-state index contributed by atoms with van der Waals surface area (Å²) >= 11 is 2.08. The topological polar surface area (TPSA) is 0 Å². The lowest BCUT2D eigenvalue weighted by atomic mass is 9.82. The first-order valence-electron chi connectivity index (χ1n) is 10.7. The predicted octanol–water partition coefficient (Wildman–Crippen LogP) is 8.83. The van der Waals surface area contributed by atoms with Gasteiger partial charge in [0.1, 0.15) is 0 Å². The van der Waals surface area contributed by atoms with Crippen LogP contribution in [0.2, 0.25) is 0 Å². The summed E-state index contributed by atoms with van der Waals surface area (Å²) in [6.07, 6.45) is 8.11. The van der Waals surface area contributed by atoms with Crippen molar-refractivity contribution in [2.24, 2.45) is 5.92 Å². The van der Waals surface area contributed by atoms with Crippen LogP contribution in [0.4, 0.5) is 0 Å². The van der Waals surface area contributed by atoms with E-state index >= 15 is 0 Å². The molecule has 0 radical (unpaired) electrons. The van der Waals surface area contributed by atoms with E-state index in [0.29, 0.717) is 0 Å². The van der Waals surface area contributed by atoms with Crippen molar-refractivity contribution < 1.29 is 0 Å². The minimum atomic E-state index is 0.260. The Hall–Kier alpha value is -0.300. The largest absolute Gasteiger partial charge is 0.144 e. The summed E-state index contributed by atoms with van der Waals surface area (Å²) in [5, 5.41) is 0. The number of unbranched alkanes of at least 4 members (excludes halogenated alkanes) is 2. The van der Waals surface area contributed by atoms with Gasteiger partial charge in [0, 0.05) is 9.75 Å². The van der Waals surface area contributed by atoms with Crippen LogP contribution in [0.15, 0.2) is 0 Å². The Labute approximate surface area is 163 Å². The first-order valence-corrected chi connectivity index (χ1v) is 11.5. The van der Waals surface area contributed by atoms with Crippen LogP contribution in [0.25, 0.3) is 0 Å². The Morgan fingerprint density at radius 2 is 1.36 bits per heavy atom. The lowest BCUT2D eigenvalue weighted by Crippen LogP contribution is -2.14. The molecule has 148 valence electrons. The lowest BCUT2D eigenvalue weighted by molar-refractivity contribution is 0.438. The van der Waals surface area contributed by atoms with Gasteiger partial charge in [0.15, 0.2) is 0 Å². The Morgan fingerprint density at radius 3 is 1.76 bits per heavy atom. The molecule has 0 aliphatic carbocycles. The summed E-state index contributed by atoms with van der Waals surface area (Å²) in [4.78, 5) is 3.23. The summed E-state index contributed by atoms with van der Waals surface area (Å²) in [7, 11) is 0. The van der Waals surface area contributed by atoms with Crippen LogP contribution in [-0.2, 0) is 17.3 Å². The second-order valence-electron chi connectivity index (χ2n) is 9.34. The second-order valence-corrected chi connectivity index (χ2v) is 10.4. The molecule has 0 bridgehead atoms. The first-order chi connectivity index (χ1) is 11.5. The molecule has 0 aliphatic heterocycles. The predicted molar refractivity (Wildman–Crippen MR) is 119 cm³/mol. The maximum atomic E-state index is 2.38. The van der Waals surface area contributed by atoms with Crippen molar-refractivity contribution in [2.75, 3.05) is 0 Å².